The molecule has 0 spiro atoms. The zero-order valence-electron chi connectivity index (χ0n) is 27.3. The second-order valence-corrected chi connectivity index (χ2v) is 15.7. The summed E-state index contributed by atoms with van der Waals surface area (Å²) in [5, 5.41) is 0. The van der Waals surface area contributed by atoms with Gasteiger partial charge in [0.05, 0.1) is 22.8 Å². The van der Waals surface area contributed by atoms with Gasteiger partial charge < -0.3 is 0 Å². The van der Waals surface area contributed by atoms with Gasteiger partial charge in [-0.25, -0.2) is 0 Å². The molecule has 4 heterocycles. The van der Waals surface area contributed by atoms with E-state index in [1.807, 2.05) is 24.5 Å². The van der Waals surface area contributed by atoms with Crippen molar-refractivity contribution in [1.82, 2.24) is 19.9 Å². The van der Waals surface area contributed by atoms with E-state index in [0.717, 1.165) is 35.6 Å². The Labute approximate surface area is 272 Å². The number of nitrogens with zero attached hydrogens (tertiary/aromatic N) is 4. The first-order valence-electron chi connectivity index (χ1n) is 17.2. The molecule has 11 rings (SSSR count). The Morgan fingerprint density at radius 1 is 0.522 bits per heavy atom. The molecule has 0 radical (unpaired) electrons. The molecule has 4 heteroatoms. The van der Waals surface area contributed by atoms with E-state index >= 15 is 0 Å². The number of rotatable bonds is 6. The highest BCUT2D eigenvalue weighted by Crippen LogP contribution is 2.68. The summed E-state index contributed by atoms with van der Waals surface area (Å²) < 4.78 is 0. The van der Waals surface area contributed by atoms with Gasteiger partial charge in [0.1, 0.15) is 0 Å². The molecule has 5 aromatic rings. The van der Waals surface area contributed by atoms with Crippen molar-refractivity contribution in [3.63, 3.8) is 0 Å². The van der Waals surface area contributed by atoms with Crippen LogP contribution < -0.4 is 0 Å². The number of pyridine rings is 4. The van der Waals surface area contributed by atoms with Crippen molar-refractivity contribution in [2.75, 3.05) is 0 Å². The molecule has 4 nitrogen and oxygen atoms in total. The van der Waals surface area contributed by atoms with Crippen LogP contribution in [0.15, 0.2) is 97.6 Å². The highest BCUT2D eigenvalue weighted by atomic mass is 14.8. The first-order chi connectivity index (χ1) is 22.3. The highest BCUT2D eigenvalue weighted by Gasteiger charge is 2.58. The third kappa shape index (κ3) is 4.18. The minimum absolute atomic E-state index is 0.307. The van der Waals surface area contributed by atoms with Crippen molar-refractivity contribution in [2.45, 2.75) is 77.0 Å². The predicted octanol–water partition coefficient (Wildman–Crippen LogP) is 9.54. The van der Waals surface area contributed by atoms with E-state index < -0.39 is 0 Å². The molecule has 6 aliphatic carbocycles. The van der Waals surface area contributed by atoms with Gasteiger partial charge in [-0.15, -0.1) is 0 Å². The van der Waals surface area contributed by atoms with Crippen LogP contribution in [0.3, 0.4) is 0 Å². The third-order valence-electron chi connectivity index (χ3n) is 12.9. The Morgan fingerprint density at radius 2 is 1.00 bits per heavy atom. The number of hydrogen-bond acceptors (Lipinski definition) is 4. The molecule has 2 unspecified atom stereocenters. The molecule has 6 atom stereocenters. The van der Waals surface area contributed by atoms with Crippen LogP contribution in [0.1, 0.15) is 97.6 Å². The molecule has 46 heavy (non-hydrogen) atoms. The molecule has 0 saturated heterocycles. The SMILES string of the molecule is CC1(C)C2C[C@@H]1c1cnc(-c3ccccn3)cc1[C@@H]2Cc1cccc(CC2c3cc(-c4ccccn4)ncc3[C@@H]3C[C@H]2C3(C)C)c1. The summed E-state index contributed by atoms with van der Waals surface area (Å²) in [6.07, 6.45) is 12.8. The maximum atomic E-state index is 4.92. The predicted molar refractivity (Wildman–Crippen MR) is 184 cm³/mol. The van der Waals surface area contributed by atoms with E-state index in [1.54, 1.807) is 0 Å². The van der Waals surface area contributed by atoms with Crippen LogP contribution in [-0.2, 0) is 12.8 Å². The summed E-state index contributed by atoms with van der Waals surface area (Å²) in [5.74, 6) is 3.55. The van der Waals surface area contributed by atoms with Gasteiger partial charge in [-0.3, -0.25) is 19.9 Å². The largest absolute Gasteiger partial charge is 0.255 e. The molecule has 0 N–H and O–H groups in total. The van der Waals surface area contributed by atoms with Gasteiger partial charge in [0.15, 0.2) is 0 Å². The Morgan fingerprint density at radius 3 is 1.41 bits per heavy atom. The summed E-state index contributed by atoms with van der Waals surface area (Å²) in [5.41, 5.74) is 13.4. The Kier molecular flexibility index (Phi) is 6.20. The Bertz CT molecular complexity index is 1810. The molecular formula is C42H42N4. The van der Waals surface area contributed by atoms with Gasteiger partial charge >= 0.3 is 0 Å². The standard InChI is InChI=1S/C42H42N4/c1-41(2)33-21-35(41)31-23-45-39(37-12-5-7-14-43-37)19-27(31)29(33)17-25-10-9-11-26(16-25)18-30-28-20-40(38-13-6-8-15-44-38)46-24-32(28)36-22-34(30)42(36,3)4/h5-16,19-20,23-24,29-30,33-36H,17-18,21-22H2,1-4H3/t29-,30?,33?,34+,35+,36-/m0/s1. The van der Waals surface area contributed by atoms with Gasteiger partial charge in [-0.1, -0.05) is 64.1 Å². The van der Waals surface area contributed by atoms with Crippen LogP contribution in [0.4, 0.5) is 0 Å². The van der Waals surface area contributed by atoms with Crippen molar-refractivity contribution < 1.29 is 0 Å². The van der Waals surface area contributed by atoms with Crippen molar-refractivity contribution in [3.8, 4) is 22.8 Å². The van der Waals surface area contributed by atoms with Crippen molar-refractivity contribution >= 4 is 0 Å². The highest BCUT2D eigenvalue weighted by molar-refractivity contribution is 5.59. The number of aromatic nitrogens is 4. The van der Waals surface area contributed by atoms with Crippen LogP contribution in [-0.4, -0.2) is 19.9 Å². The molecule has 230 valence electrons. The fourth-order valence-electron chi connectivity index (χ4n) is 10.2. The van der Waals surface area contributed by atoms with E-state index in [2.05, 4.69) is 111 Å². The second-order valence-electron chi connectivity index (χ2n) is 15.7. The fraction of sp³-hybridized carbons (Fsp3) is 0.381. The first-order valence-corrected chi connectivity index (χ1v) is 17.2. The van der Waals surface area contributed by atoms with Crippen LogP contribution in [0.2, 0.25) is 0 Å². The lowest BCUT2D eigenvalue weighted by molar-refractivity contribution is -0.00613. The molecule has 4 aromatic heterocycles. The second kappa shape index (κ2) is 10.2. The molecule has 4 bridgehead atoms. The van der Waals surface area contributed by atoms with E-state index in [1.165, 1.54) is 46.2 Å². The summed E-state index contributed by atoms with van der Waals surface area (Å²) in [6.45, 7) is 9.92. The average molecular weight is 603 g/mol. The van der Waals surface area contributed by atoms with Crippen molar-refractivity contribution in [2.24, 2.45) is 22.7 Å². The lowest BCUT2D eigenvalue weighted by Gasteiger charge is -2.60. The summed E-state index contributed by atoms with van der Waals surface area (Å²) in [6, 6.07) is 26.5. The van der Waals surface area contributed by atoms with E-state index in [4.69, 9.17) is 9.97 Å². The monoisotopic (exact) mass is 602 g/mol. The molecule has 2 fully saturated rings. The van der Waals surface area contributed by atoms with Crippen molar-refractivity contribution in [3.05, 3.63) is 131 Å². The van der Waals surface area contributed by atoms with Gasteiger partial charge in [0.2, 0.25) is 0 Å². The summed E-state index contributed by atoms with van der Waals surface area (Å²) in [4.78, 5) is 19.1. The zero-order chi connectivity index (χ0) is 31.2. The Balaban J connectivity index is 1.04. The van der Waals surface area contributed by atoms with Gasteiger partial charge in [0, 0.05) is 24.8 Å². The van der Waals surface area contributed by atoms with Gasteiger partial charge in [-0.2, -0.15) is 0 Å². The van der Waals surface area contributed by atoms with Crippen LogP contribution in [0.5, 0.6) is 0 Å². The zero-order valence-corrected chi connectivity index (χ0v) is 27.3. The minimum atomic E-state index is 0.307. The van der Waals surface area contributed by atoms with Crippen molar-refractivity contribution in [1.29, 1.82) is 0 Å². The lowest BCUT2D eigenvalue weighted by Crippen LogP contribution is -2.51. The molecule has 0 amide bonds. The first kappa shape index (κ1) is 28.1. The Hall–Kier alpha value is -4.18. The smallest absolute Gasteiger partial charge is 0.0889 e. The van der Waals surface area contributed by atoms with Gasteiger partial charge in [-0.05, 0) is 142 Å². The van der Waals surface area contributed by atoms with Crippen LogP contribution in [0, 0.1) is 22.7 Å². The van der Waals surface area contributed by atoms with E-state index in [-0.39, 0.29) is 0 Å². The normalized spacial score (nSPS) is 27.5. The maximum Gasteiger partial charge on any atom is 0.0889 e. The maximum absolute atomic E-state index is 4.92. The molecule has 2 saturated carbocycles. The van der Waals surface area contributed by atoms with Crippen LogP contribution in [0.25, 0.3) is 22.8 Å². The van der Waals surface area contributed by atoms with E-state index in [0.29, 0.717) is 46.3 Å². The van der Waals surface area contributed by atoms with Gasteiger partial charge in [0.25, 0.3) is 0 Å². The fourth-order valence-corrected chi connectivity index (χ4v) is 10.2. The van der Waals surface area contributed by atoms with Crippen LogP contribution >= 0.6 is 0 Å². The molecule has 6 aliphatic rings. The summed E-state index contributed by atoms with van der Waals surface area (Å²) in [7, 11) is 0. The number of benzene rings is 1. The summed E-state index contributed by atoms with van der Waals surface area (Å²) >= 11 is 0. The lowest BCUT2D eigenvalue weighted by atomic mass is 9.43. The molecule has 1 aromatic carbocycles. The topological polar surface area (TPSA) is 51.6 Å². The molecular weight excluding hydrogens is 560 g/mol. The minimum Gasteiger partial charge on any atom is -0.255 e. The quantitative estimate of drug-likeness (QED) is 0.194. The molecule has 0 aliphatic heterocycles. The van der Waals surface area contributed by atoms with E-state index in [9.17, 15) is 0 Å². The average Bonchev–Trinajstić information content (AvgIpc) is 3.08. The number of hydrogen-bond donors (Lipinski definition) is 0. The third-order valence-corrected chi connectivity index (χ3v) is 12.9.